The normalized spacial score (nSPS) is 20.1. The Morgan fingerprint density at radius 1 is 1.48 bits per heavy atom. The number of ether oxygens (including phenoxy) is 2. The van der Waals surface area contributed by atoms with Crippen LogP contribution in [0, 0.1) is 5.92 Å². The first-order valence-corrected chi connectivity index (χ1v) is 7.51. The molecule has 1 aliphatic rings. The van der Waals surface area contributed by atoms with Crippen LogP contribution in [0.25, 0.3) is 11.2 Å². The summed E-state index contributed by atoms with van der Waals surface area (Å²) in [6, 6.07) is 0.105. The number of aromatic nitrogens is 4. The molecular weight excluding hydrogens is 322 g/mol. The van der Waals surface area contributed by atoms with Gasteiger partial charge in [-0.3, -0.25) is 0 Å². The highest BCUT2D eigenvalue weighted by Gasteiger charge is 2.23. The largest absolute Gasteiger partial charge is 0.507 e. The molecule has 2 heterocycles. The maximum absolute atomic E-state index is 10.9. The number of hydrogen-bond donors (Lipinski definition) is 1. The molecule has 0 spiro atoms. The van der Waals surface area contributed by atoms with E-state index in [1.807, 2.05) is 4.57 Å². The van der Waals surface area contributed by atoms with Gasteiger partial charge in [0.15, 0.2) is 10.8 Å². The number of nitrogen functional groups attached to an aromatic ring is 1. The first-order valence-electron chi connectivity index (χ1n) is 7.13. The molecule has 2 N–H and O–H groups in total. The second-order valence-corrected chi connectivity index (χ2v) is 5.59. The van der Waals surface area contributed by atoms with Gasteiger partial charge in [-0.05, 0) is 18.8 Å². The lowest BCUT2D eigenvalue weighted by molar-refractivity contribution is 0.0694. The van der Waals surface area contributed by atoms with Gasteiger partial charge in [0.2, 0.25) is 5.95 Å². The number of carbonyl (C=O) groups excluding carboxylic acids is 1. The average molecular weight is 338 g/mol. The minimum Gasteiger partial charge on any atom is -0.438 e. The summed E-state index contributed by atoms with van der Waals surface area (Å²) in [5.41, 5.74) is 6.81. The highest BCUT2D eigenvalue weighted by atomic mass is 35.5. The summed E-state index contributed by atoms with van der Waals surface area (Å²) in [4.78, 5) is 23.3. The standard InChI is InChI=1S/C14H16ClN5O3/c1-22-14(21)23-5-4-8-2-3-9(6-8)20-7-17-10-11(15)18-13(16)19-12(10)20/h2-3,7-9H,4-6H2,1H3,(H2,16,18,19)/t8-,9-/m1/s1. The molecule has 3 rings (SSSR count). The molecule has 122 valence electrons. The highest BCUT2D eigenvalue weighted by Crippen LogP contribution is 2.32. The number of methoxy groups -OCH3 is 1. The van der Waals surface area contributed by atoms with Crippen molar-refractivity contribution in [1.82, 2.24) is 19.5 Å². The van der Waals surface area contributed by atoms with E-state index in [2.05, 4.69) is 31.8 Å². The predicted molar refractivity (Wildman–Crippen MR) is 84.0 cm³/mol. The molecule has 0 aliphatic heterocycles. The first-order chi connectivity index (χ1) is 11.1. The van der Waals surface area contributed by atoms with E-state index in [-0.39, 0.29) is 17.1 Å². The summed E-state index contributed by atoms with van der Waals surface area (Å²) >= 11 is 6.04. The van der Waals surface area contributed by atoms with Crippen molar-refractivity contribution < 1.29 is 14.3 Å². The van der Waals surface area contributed by atoms with Crippen molar-refractivity contribution in [2.45, 2.75) is 18.9 Å². The molecule has 2 aromatic rings. The fraction of sp³-hybridized carbons (Fsp3) is 0.429. The molecule has 1 aliphatic carbocycles. The van der Waals surface area contributed by atoms with Crippen LogP contribution >= 0.6 is 11.6 Å². The van der Waals surface area contributed by atoms with Gasteiger partial charge in [0.1, 0.15) is 5.52 Å². The molecule has 0 unspecified atom stereocenters. The van der Waals surface area contributed by atoms with Crippen molar-refractivity contribution in [1.29, 1.82) is 0 Å². The number of anilines is 1. The van der Waals surface area contributed by atoms with Crippen molar-refractivity contribution in [3.05, 3.63) is 23.6 Å². The van der Waals surface area contributed by atoms with E-state index in [0.29, 0.717) is 23.7 Å². The van der Waals surface area contributed by atoms with Gasteiger partial charge < -0.3 is 19.8 Å². The van der Waals surface area contributed by atoms with Gasteiger partial charge in [0.05, 0.1) is 26.1 Å². The van der Waals surface area contributed by atoms with E-state index < -0.39 is 6.16 Å². The zero-order chi connectivity index (χ0) is 16.4. The van der Waals surface area contributed by atoms with Crippen LogP contribution in [0.3, 0.4) is 0 Å². The van der Waals surface area contributed by atoms with Gasteiger partial charge in [-0.2, -0.15) is 9.97 Å². The van der Waals surface area contributed by atoms with Crippen molar-refractivity contribution >= 4 is 34.9 Å². The number of fused-ring (bicyclic) bond motifs is 1. The van der Waals surface area contributed by atoms with E-state index in [4.69, 9.17) is 22.1 Å². The van der Waals surface area contributed by atoms with Gasteiger partial charge in [-0.25, -0.2) is 9.78 Å². The van der Waals surface area contributed by atoms with Gasteiger partial charge in [-0.15, -0.1) is 0 Å². The molecule has 2 aromatic heterocycles. The number of hydrogen-bond acceptors (Lipinski definition) is 7. The van der Waals surface area contributed by atoms with Crippen LogP contribution in [0.1, 0.15) is 18.9 Å². The summed E-state index contributed by atoms with van der Waals surface area (Å²) in [6.45, 7) is 0.319. The fourth-order valence-corrected chi connectivity index (χ4v) is 2.89. The smallest absolute Gasteiger partial charge is 0.438 e. The summed E-state index contributed by atoms with van der Waals surface area (Å²) in [5, 5.41) is 0.247. The van der Waals surface area contributed by atoms with Crippen molar-refractivity contribution in [3.63, 3.8) is 0 Å². The fourth-order valence-electron chi connectivity index (χ4n) is 2.67. The number of allylic oxidation sites excluding steroid dienone is 2. The molecular formula is C14H16ClN5O3. The highest BCUT2D eigenvalue weighted by molar-refractivity contribution is 6.33. The third kappa shape index (κ3) is 3.21. The van der Waals surface area contributed by atoms with Crippen LogP contribution in [0.15, 0.2) is 18.5 Å². The number of rotatable bonds is 4. The molecule has 9 heteroatoms. The number of nitrogens with zero attached hydrogens (tertiary/aromatic N) is 4. The lowest BCUT2D eigenvalue weighted by atomic mass is 10.0. The topological polar surface area (TPSA) is 105 Å². The molecule has 0 saturated carbocycles. The van der Waals surface area contributed by atoms with Crippen molar-refractivity contribution in [2.75, 3.05) is 19.5 Å². The molecule has 0 fully saturated rings. The molecule has 0 aromatic carbocycles. The molecule has 8 nitrogen and oxygen atoms in total. The van der Waals surface area contributed by atoms with E-state index >= 15 is 0 Å². The second kappa shape index (κ2) is 6.41. The van der Waals surface area contributed by atoms with Crippen molar-refractivity contribution in [3.8, 4) is 0 Å². The van der Waals surface area contributed by atoms with Crippen LogP contribution in [0.4, 0.5) is 10.7 Å². The number of carbonyl (C=O) groups is 1. The maximum atomic E-state index is 10.9. The van der Waals surface area contributed by atoms with E-state index in [0.717, 1.165) is 12.8 Å². The van der Waals surface area contributed by atoms with Crippen molar-refractivity contribution in [2.24, 2.45) is 5.92 Å². The minimum absolute atomic E-state index is 0.105. The quantitative estimate of drug-likeness (QED) is 0.518. The third-order valence-corrected chi connectivity index (χ3v) is 4.04. The van der Waals surface area contributed by atoms with Crippen LogP contribution in [0.2, 0.25) is 5.15 Å². The maximum Gasteiger partial charge on any atom is 0.507 e. The van der Waals surface area contributed by atoms with Crippen LogP contribution in [-0.4, -0.2) is 39.4 Å². The van der Waals surface area contributed by atoms with E-state index in [1.165, 1.54) is 7.11 Å². The number of halogens is 1. The molecule has 0 radical (unpaired) electrons. The lowest BCUT2D eigenvalue weighted by Crippen LogP contribution is -2.10. The zero-order valence-corrected chi connectivity index (χ0v) is 13.2. The Morgan fingerprint density at radius 2 is 2.30 bits per heavy atom. The van der Waals surface area contributed by atoms with E-state index in [9.17, 15) is 4.79 Å². The molecule has 0 bridgehead atoms. The Morgan fingerprint density at radius 3 is 3.09 bits per heavy atom. The zero-order valence-electron chi connectivity index (χ0n) is 12.5. The number of nitrogens with two attached hydrogens (primary N) is 1. The molecule has 2 atom stereocenters. The Balaban J connectivity index is 1.68. The predicted octanol–water partition coefficient (Wildman–Crippen LogP) is 2.35. The van der Waals surface area contributed by atoms with Crippen LogP contribution < -0.4 is 5.73 Å². The lowest BCUT2D eigenvalue weighted by Gasteiger charge is -2.14. The van der Waals surface area contributed by atoms with Crippen LogP contribution in [-0.2, 0) is 9.47 Å². The molecule has 0 saturated heterocycles. The van der Waals surface area contributed by atoms with Crippen LogP contribution in [0.5, 0.6) is 0 Å². The molecule has 0 amide bonds. The van der Waals surface area contributed by atoms with Gasteiger partial charge in [-0.1, -0.05) is 23.8 Å². The number of imidazole rings is 1. The Kier molecular flexibility index (Phi) is 4.33. The monoisotopic (exact) mass is 337 g/mol. The summed E-state index contributed by atoms with van der Waals surface area (Å²) in [6.07, 6.45) is 6.79. The Labute approximate surface area is 137 Å². The summed E-state index contributed by atoms with van der Waals surface area (Å²) in [7, 11) is 1.29. The SMILES string of the molecule is COC(=O)OCC[C@H]1C=C[C@@H](n2cnc3c(Cl)nc(N)nc32)C1. The average Bonchev–Trinajstić information content (AvgIpc) is 3.13. The third-order valence-electron chi connectivity index (χ3n) is 3.78. The van der Waals surface area contributed by atoms with Gasteiger partial charge >= 0.3 is 6.16 Å². The molecule has 23 heavy (non-hydrogen) atoms. The Bertz CT molecular complexity index is 760. The van der Waals surface area contributed by atoms with Gasteiger partial charge in [0, 0.05) is 0 Å². The Hall–Kier alpha value is -2.35. The summed E-state index contributed by atoms with van der Waals surface area (Å²) in [5.74, 6) is 0.422. The second-order valence-electron chi connectivity index (χ2n) is 5.24. The minimum atomic E-state index is -0.661. The van der Waals surface area contributed by atoms with E-state index in [1.54, 1.807) is 6.33 Å². The summed E-state index contributed by atoms with van der Waals surface area (Å²) < 4.78 is 11.3. The first kappa shape index (κ1) is 15.5. The van der Waals surface area contributed by atoms with Gasteiger partial charge in [0.25, 0.3) is 0 Å².